The van der Waals surface area contributed by atoms with Gasteiger partial charge in [0, 0.05) is 94.6 Å². The van der Waals surface area contributed by atoms with Gasteiger partial charge in [-0.3, -0.25) is 0 Å². The van der Waals surface area contributed by atoms with Gasteiger partial charge in [-0.25, -0.2) is 14.4 Å². The van der Waals surface area contributed by atoms with Gasteiger partial charge in [-0.15, -0.1) is 0 Å². The molecule has 0 amide bonds. The molecule has 4 aliphatic carbocycles. The fraction of sp³-hybridized carbons (Fsp3) is 0.482. The van der Waals surface area contributed by atoms with Gasteiger partial charge in [-0.1, -0.05) is 48.4 Å². The number of hydrogen-bond donors (Lipinski definition) is 7. The Bertz CT molecular complexity index is 4530. The third-order valence-corrected chi connectivity index (χ3v) is 25.5. The lowest BCUT2D eigenvalue weighted by Crippen LogP contribution is -2.62. The average Bonchev–Trinajstić information content (AvgIpc) is 1.73. The highest BCUT2D eigenvalue weighted by Crippen LogP contribution is 2.70. The molecule has 0 radical (unpaired) electrons. The van der Waals surface area contributed by atoms with Gasteiger partial charge in [0.25, 0.3) is 0 Å². The van der Waals surface area contributed by atoms with Crippen LogP contribution < -0.4 is 9.47 Å². The number of carbonyl (C=O) groups excluding carboxylic acids is 3. The van der Waals surface area contributed by atoms with E-state index >= 15 is 0 Å². The van der Waals surface area contributed by atoms with Gasteiger partial charge in [0.05, 0.1) is 59.6 Å². The van der Waals surface area contributed by atoms with Crippen LogP contribution in [0.15, 0.2) is 131 Å². The molecule has 0 unspecified atom stereocenters. The van der Waals surface area contributed by atoms with E-state index in [-0.39, 0.29) is 124 Å². The maximum absolute atomic E-state index is 13.9. The minimum absolute atomic E-state index is 0.0183. The second-order valence-corrected chi connectivity index (χ2v) is 31.6. The molecule has 25 heteroatoms. The van der Waals surface area contributed by atoms with Crippen molar-refractivity contribution in [1.29, 1.82) is 0 Å². The zero-order valence-corrected chi connectivity index (χ0v) is 60.4. The number of rotatable bonds is 18. The number of carbonyl (C=O) groups is 3. The van der Waals surface area contributed by atoms with E-state index in [0.29, 0.717) is 63.0 Å². The van der Waals surface area contributed by atoms with Crippen LogP contribution in [0.2, 0.25) is 0 Å². The molecule has 6 aromatic carbocycles. The number of aliphatic hydroxyl groups is 3. The molecule has 17 rings (SSSR count). The van der Waals surface area contributed by atoms with Gasteiger partial charge in [-0.2, -0.15) is 0 Å². The van der Waals surface area contributed by atoms with Crippen molar-refractivity contribution in [3.8, 4) is 46.0 Å². The monoisotopic (exact) mass is 1480 g/mol. The molecular weight excluding hydrogens is 1390 g/mol. The van der Waals surface area contributed by atoms with Gasteiger partial charge in [-0.05, 0) is 185 Å². The average molecular weight is 1480 g/mol. The fourth-order valence-corrected chi connectivity index (χ4v) is 20.3. The van der Waals surface area contributed by atoms with Crippen molar-refractivity contribution in [3.05, 3.63) is 176 Å². The van der Waals surface area contributed by atoms with Gasteiger partial charge >= 0.3 is 17.9 Å². The highest BCUT2D eigenvalue weighted by atomic mass is 16.7. The number of phenolic OH excluding ortho intramolecular Hbond substituents is 4. The zero-order chi connectivity index (χ0) is 74.9. The molecule has 7 N–H and O–H groups in total. The smallest absolute Gasteiger partial charge is 0.340 e. The third-order valence-electron chi connectivity index (χ3n) is 25.5. The van der Waals surface area contributed by atoms with Crippen LogP contribution in [0.3, 0.4) is 0 Å². The summed E-state index contributed by atoms with van der Waals surface area (Å²) in [5.41, 5.74) is 1.79. The molecule has 25 nitrogen and oxygen atoms in total. The summed E-state index contributed by atoms with van der Waals surface area (Å²) in [4.78, 5) is 51.4. The lowest BCUT2D eigenvalue weighted by molar-refractivity contribution is -0.328. The van der Waals surface area contributed by atoms with E-state index in [1.54, 1.807) is 80.6 Å². The Morgan fingerprint density at radius 1 is 0.583 bits per heavy atom. The Labute approximate surface area is 622 Å². The number of aliphatic hydroxyl groups excluding tert-OH is 2. The molecule has 7 aliphatic heterocycles. The first-order chi connectivity index (χ1) is 51.9. The fourth-order valence-electron chi connectivity index (χ4n) is 20.3. The van der Waals surface area contributed by atoms with Crippen LogP contribution in [0.25, 0.3) is 0 Å². The quantitative estimate of drug-likeness (QED) is 0.0105. The standard InChI is InChI=1S/C83H88N2O23/c1-42(38-85-98-40-46-7-14-58-55(29-46)78(94)108-83(58)63-18-11-51(88)34-69(63)104-70-35-52(89)12-19-64(70)83)99-72(23-27-84-97-39-45-6-13-57-54(28-45)77(93)107-82(57)61-16-9-49(86)32-67(61)103-68-33-50(87)10-17-62(68)82)105-75-43(2)101-74(37-66(75)91)106-76-44(3)100-73(36-65(76)90)102-53-20-24-79(4)48(31-53)8-15-60-59(79)21-25-80(5)56(22-26-81(60,80)95)47-30-71(92)96-41-47/h6-7,9-14,16-19,27-30,32-35,38,42-44,48,53,56,59-60,65-66,72-76,86-91,95H,8,15,20-26,31,36-37,39-41H2,1-5H3/b84-27+,85-38+/t42-,43-,44-,48-,53+,56-,59+,60-,65+,66+,72+,73+,74+,75-,76-,79+,80-,81+/m1/s1. The van der Waals surface area contributed by atoms with E-state index in [0.717, 1.165) is 63.4 Å². The second kappa shape index (κ2) is 27.5. The van der Waals surface area contributed by atoms with E-state index in [9.17, 15) is 50.1 Å². The normalized spacial score (nSPS) is 32.6. The molecular formula is C83H88N2O23. The summed E-state index contributed by atoms with van der Waals surface area (Å²) < 4.78 is 69.1. The summed E-state index contributed by atoms with van der Waals surface area (Å²) in [7, 11) is 0. The number of benzene rings is 6. The van der Waals surface area contributed by atoms with Crippen LogP contribution in [0, 0.1) is 34.5 Å². The Kier molecular flexibility index (Phi) is 18.2. The van der Waals surface area contributed by atoms with Crippen molar-refractivity contribution < 1.29 is 112 Å². The number of esters is 3. The molecule has 4 saturated carbocycles. The topological polar surface area (TPSA) is 338 Å². The molecule has 11 aliphatic rings. The first-order valence-corrected chi connectivity index (χ1v) is 37.5. The molecule has 0 aromatic heterocycles. The molecule has 2 saturated heterocycles. The van der Waals surface area contributed by atoms with Crippen molar-refractivity contribution in [2.45, 2.75) is 209 Å². The second-order valence-electron chi connectivity index (χ2n) is 31.6. The maximum atomic E-state index is 13.9. The number of hydrogen-bond acceptors (Lipinski definition) is 25. The zero-order valence-electron chi connectivity index (χ0n) is 60.4. The number of aromatic hydroxyl groups is 4. The molecule has 0 bridgehead atoms. The van der Waals surface area contributed by atoms with E-state index in [1.807, 2.05) is 6.92 Å². The van der Waals surface area contributed by atoms with Crippen LogP contribution in [0.1, 0.15) is 177 Å². The van der Waals surface area contributed by atoms with Crippen molar-refractivity contribution in [3.63, 3.8) is 0 Å². The number of phenols is 4. The molecule has 2 spiro atoms. The van der Waals surface area contributed by atoms with Gasteiger partial charge in [0.15, 0.2) is 30.1 Å². The van der Waals surface area contributed by atoms with Gasteiger partial charge in [0.2, 0.25) is 0 Å². The number of oxime groups is 2. The molecule has 7 heterocycles. The minimum atomic E-state index is -1.45. The van der Waals surface area contributed by atoms with E-state index in [1.165, 1.54) is 61.0 Å². The van der Waals surface area contributed by atoms with E-state index < -0.39 is 90.3 Å². The summed E-state index contributed by atoms with van der Waals surface area (Å²) >= 11 is 0. The Morgan fingerprint density at radius 3 is 1.65 bits per heavy atom. The summed E-state index contributed by atoms with van der Waals surface area (Å²) in [6, 6.07) is 28.6. The predicted octanol–water partition coefficient (Wildman–Crippen LogP) is 11.9. The number of fused-ring (bicyclic) bond motifs is 17. The predicted molar refractivity (Wildman–Crippen MR) is 382 cm³/mol. The summed E-state index contributed by atoms with van der Waals surface area (Å²) in [5.74, 6) is 0.397. The Hall–Kier alpha value is -9.15. The van der Waals surface area contributed by atoms with E-state index in [2.05, 4.69) is 24.2 Å². The highest BCUT2D eigenvalue weighted by molar-refractivity contribution is 5.98. The largest absolute Gasteiger partial charge is 0.508 e. The summed E-state index contributed by atoms with van der Waals surface area (Å²) in [6.45, 7) is 10.2. The first-order valence-electron chi connectivity index (χ1n) is 37.5. The van der Waals surface area contributed by atoms with Crippen LogP contribution >= 0.6 is 0 Å². The summed E-state index contributed by atoms with van der Waals surface area (Å²) in [6.07, 6.45) is 3.98. The minimum Gasteiger partial charge on any atom is -0.508 e. The Morgan fingerprint density at radius 2 is 1.11 bits per heavy atom. The van der Waals surface area contributed by atoms with Gasteiger partial charge in [0.1, 0.15) is 78.0 Å². The maximum Gasteiger partial charge on any atom is 0.340 e. The molecule has 108 heavy (non-hydrogen) atoms. The van der Waals surface area contributed by atoms with E-state index in [4.69, 9.17) is 61.8 Å². The van der Waals surface area contributed by atoms with Crippen LogP contribution in [0.4, 0.5) is 0 Å². The van der Waals surface area contributed by atoms with Crippen molar-refractivity contribution in [2.24, 2.45) is 44.8 Å². The Balaban J connectivity index is 0.536. The lowest BCUT2D eigenvalue weighted by Gasteiger charge is -2.64. The van der Waals surface area contributed by atoms with Crippen molar-refractivity contribution >= 4 is 30.3 Å². The molecule has 568 valence electrons. The van der Waals surface area contributed by atoms with Crippen LogP contribution in [0.5, 0.6) is 46.0 Å². The number of nitrogens with zero attached hydrogens (tertiary/aromatic N) is 2. The van der Waals surface area contributed by atoms with Crippen LogP contribution in [-0.2, 0) is 81.5 Å². The number of ether oxygens (including phenoxy) is 11. The highest BCUT2D eigenvalue weighted by Gasteiger charge is 2.68. The van der Waals surface area contributed by atoms with Gasteiger partial charge < -0.3 is 97.5 Å². The van der Waals surface area contributed by atoms with Crippen molar-refractivity contribution in [1.82, 2.24) is 0 Å². The molecule has 6 fully saturated rings. The SMILES string of the molecule is C[C@H](/C=N/OCc1ccc2c(c1)C(=O)OC21c2ccc(O)cc2Oc2cc(O)ccc21)O[C@H](C/C=N/OCc1ccc2c(c1)C(=O)OC21c2ccc(O)cc2Oc2cc(O)ccc21)O[C@H]1[C@@H](O)C[C@H](O[C@H]2[C@@H](O)C[C@H](O[C@H]3CC[C@@]4(C)[C@H](CC[C@@H]5[C@@H]4CC[C@]4(C)[C@@H](C6=CC(=O)OC6)CC[C@]54O)C3)O[C@@H]2C)O[C@@H]1C. The number of cyclic esters (lactones) is 1. The third kappa shape index (κ3) is 12.1. The molecule has 6 aromatic rings. The van der Waals surface area contributed by atoms with Crippen molar-refractivity contribution in [2.75, 3.05) is 6.61 Å². The molecule has 18 atom stereocenters. The van der Waals surface area contributed by atoms with Crippen LogP contribution in [-0.4, -0.2) is 146 Å². The first kappa shape index (κ1) is 71.8. The lowest BCUT2D eigenvalue weighted by atomic mass is 9.43. The summed E-state index contributed by atoms with van der Waals surface area (Å²) in [5, 5.41) is 86.5.